The highest BCUT2D eigenvalue weighted by atomic mass is 35.5. The number of benzene rings is 1. The van der Waals surface area contributed by atoms with Gasteiger partial charge in [0.05, 0.1) is 12.1 Å². The molecule has 3 unspecified atom stereocenters. The van der Waals surface area contributed by atoms with E-state index >= 15 is 0 Å². The molecule has 0 saturated carbocycles. The maximum Gasteiger partial charge on any atom is 0.237 e. The van der Waals surface area contributed by atoms with Crippen molar-refractivity contribution in [2.75, 3.05) is 6.61 Å². The number of aryl methyl sites for hydroxylation is 1. The summed E-state index contributed by atoms with van der Waals surface area (Å²) in [5, 5.41) is 2.89. The second-order valence-electron chi connectivity index (χ2n) is 5.45. The summed E-state index contributed by atoms with van der Waals surface area (Å²) in [6.45, 7) is 8.38. The Labute approximate surface area is 133 Å². The van der Waals surface area contributed by atoms with Gasteiger partial charge in [-0.2, -0.15) is 0 Å². The highest BCUT2D eigenvalue weighted by Gasteiger charge is 2.20. The molecule has 0 aliphatic carbocycles. The summed E-state index contributed by atoms with van der Waals surface area (Å²) < 4.78 is 5.66. The quantitative estimate of drug-likeness (QED) is 0.813. The fourth-order valence-electron chi connectivity index (χ4n) is 1.82. The van der Waals surface area contributed by atoms with Gasteiger partial charge in [0.2, 0.25) is 5.91 Å². The Morgan fingerprint density at radius 3 is 2.62 bits per heavy atom. The van der Waals surface area contributed by atoms with E-state index in [1.54, 1.807) is 0 Å². The number of nitrogens with one attached hydrogen (secondary N) is 1. The third-order valence-corrected chi connectivity index (χ3v) is 3.44. The molecule has 21 heavy (non-hydrogen) atoms. The average Bonchev–Trinajstić information content (AvgIpc) is 2.43. The molecule has 120 valence electrons. The molecule has 0 bridgehead atoms. The van der Waals surface area contributed by atoms with Gasteiger partial charge in [0, 0.05) is 0 Å². The smallest absolute Gasteiger partial charge is 0.237 e. The number of halogens is 1. The van der Waals surface area contributed by atoms with Crippen molar-refractivity contribution in [3.8, 4) is 5.75 Å². The minimum absolute atomic E-state index is 0. The second kappa shape index (κ2) is 9.64. The predicted molar refractivity (Wildman–Crippen MR) is 89.0 cm³/mol. The molecule has 5 heteroatoms. The maximum absolute atomic E-state index is 11.9. The van der Waals surface area contributed by atoms with E-state index in [1.807, 2.05) is 52.0 Å². The molecule has 0 spiro atoms. The lowest BCUT2D eigenvalue weighted by Gasteiger charge is -2.21. The van der Waals surface area contributed by atoms with Crippen LogP contribution in [0.4, 0.5) is 0 Å². The second-order valence-corrected chi connectivity index (χ2v) is 5.45. The Morgan fingerprint density at radius 2 is 2.05 bits per heavy atom. The molecule has 0 aliphatic rings. The van der Waals surface area contributed by atoms with E-state index in [-0.39, 0.29) is 30.3 Å². The molecular formula is C16H27ClN2O2. The van der Waals surface area contributed by atoms with Crippen molar-refractivity contribution in [1.29, 1.82) is 0 Å². The number of hydrogen-bond donors (Lipinski definition) is 2. The Hall–Kier alpha value is -1.26. The van der Waals surface area contributed by atoms with Gasteiger partial charge >= 0.3 is 0 Å². The van der Waals surface area contributed by atoms with Crippen LogP contribution in [0.2, 0.25) is 0 Å². The maximum atomic E-state index is 11.9. The molecule has 0 aliphatic heterocycles. The standard InChI is InChI=1S/C16H26N2O2.ClH/c1-5-12(3)15(17)16(19)18-13(4)10-20-14-8-6-7-11(2)9-14;/h6-9,12-13,15H,5,10,17H2,1-4H3,(H,18,19);1H. The number of hydrogen-bond acceptors (Lipinski definition) is 3. The van der Waals surface area contributed by atoms with Crippen molar-refractivity contribution in [2.24, 2.45) is 11.7 Å². The first kappa shape index (κ1) is 19.7. The molecule has 0 fully saturated rings. The van der Waals surface area contributed by atoms with Gasteiger partial charge in [0.25, 0.3) is 0 Å². The molecule has 0 radical (unpaired) electrons. The van der Waals surface area contributed by atoms with Gasteiger partial charge in [-0.1, -0.05) is 32.4 Å². The van der Waals surface area contributed by atoms with E-state index in [0.29, 0.717) is 6.61 Å². The summed E-state index contributed by atoms with van der Waals surface area (Å²) in [4.78, 5) is 11.9. The Morgan fingerprint density at radius 1 is 1.38 bits per heavy atom. The van der Waals surface area contributed by atoms with Gasteiger partial charge in [-0.15, -0.1) is 12.4 Å². The van der Waals surface area contributed by atoms with Gasteiger partial charge in [-0.3, -0.25) is 4.79 Å². The van der Waals surface area contributed by atoms with Gasteiger partial charge in [-0.25, -0.2) is 0 Å². The summed E-state index contributed by atoms with van der Waals surface area (Å²) in [7, 11) is 0. The number of amides is 1. The SMILES string of the molecule is CCC(C)C(N)C(=O)NC(C)COc1cccc(C)c1.Cl. The molecule has 0 saturated heterocycles. The van der Waals surface area contributed by atoms with Crippen LogP contribution in [0.1, 0.15) is 32.8 Å². The van der Waals surface area contributed by atoms with E-state index in [0.717, 1.165) is 17.7 Å². The fourth-order valence-corrected chi connectivity index (χ4v) is 1.82. The summed E-state index contributed by atoms with van der Waals surface area (Å²) in [6, 6.07) is 7.32. The molecule has 1 aromatic carbocycles. The molecule has 1 amide bonds. The number of nitrogens with two attached hydrogens (primary N) is 1. The van der Waals surface area contributed by atoms with E-state index in [9.17, 15) is 4.79 Å². The van der Waals surface area contributed by atoms with Crippen molar-refractivity contribution in [2.45, 2.75) is 46.2 Å². The molecular weight excluding hydrogens is 288 g/mol. The van der Waals surface area contributed by atoms with E-state index < -0.39 is 6.04 Å². The molecule has 3 N–H and O–H groups in total. The normalized spacial score (nSPS) is 14.5. The lowest BCUT2D eigenvalue weighted by atomic mass is 9.99. The third kappa shape index (κ3) is 6.82. The van der Waals surface area contributed by atoms with Crippen molar-refractivity contribution in [3.63, 3.8) is 0 Å². The Bertz CT molecular complexity index is 440. The first-order chi connectivity index (χ1) is 9.43. The van der Waals surface area contributed by atoms with Gasteiger partial charge in [0.15, 0.2) is 0 Å². The van der Waals surface area contributed by atoms with Crippen molar-refractivity contribution >= 4 is 18.3 Å². The van der Waals surface area contributed by atoms with Gasteiger partial charge in [0.1, 0.15) is 12.4 Å². The van der Waals surface area contributed by atoms with Gasteiger partial charge < -0.3 is 15.8 Å². The van der Waals surface area contributed by atoms with Crippen LogP contribution in [0.15, 0.2) is 24.3 Å². The van der Waals surface area contributed by atoms with Crippen LogP contribution in [-0.4, -0.2) is 24.6 Å². The fraction of sp³-hybridized carbons (Fsp3) is 0.562. The van der Waals surface area contributed by atoms with Crippen LogP contribution in [0.5, 0.6) is 5.75 Å². The zero-order chi connectivity index (χ0) is 15.1. The van der Waals surface area contributed by atoms with E-state index in [4.69, 9.17) is 10.5 Å². The number of ether oxygens (including phenoxy) is 1. The largest absolute Gasteiger partial charge is 0.491 e. The zero-order valence-electron chi connectivity index (χ0n) is 13.3. The molecule has 0 aromatic heterocycles. The average molecular weight is 315 g/mol. The first-order valence-electron chi connectivity index (χ1n) is 7.19. The third-order valence-electron chi connectivity index (χ3n) is 3.44. The number of rotatable bonds is 7. The van der Waals surface area contributed by atoms with Crippen LogP contribution >= 0.6 is 12.4 Å². The highest BCUT2D eigenvalue weighted by Crippen LogP contribution is 2.12. The molecule has 3 atom stereocenters. The van der Waals surface area contributed by atoms with E-state index in [1.165, 1.54) is 0 Å². The summed E-state index contributed by atoms with van der Waals surface area (Å²) in [6.07, 6.45) is 0.892. The van der Waals surface area contributed by atoms with Crippen LogP contribution in [-0.2, 0) is 4.79 Å². The number of carbonyl (C=O) groups excluding carboxylic acids is 1. The monoisotopic (exact) mass is 314 g/mol. The summed E-state index contributed by atoms with van der Waals surface area (Å²) in [5.74, 6) is 0.886. The van der Waals surface area contributed by atoms with Crippen LogP contribution in [0.25, 0.3) is 0 Å². The summed E-state index contributed by atoms with van der Waals surface area (Å²) >= 11 is 0. The lowest BCUT2D eigenvalue weighted by molar-refractivity contribution is -0.124. The molecule has 1 rings (SSSR count). The lowest BCUT2D eigenvalue weighted by Crippen LogP contribution is -2.48. The zero-order valence-corrected chi connectivity index (χ0v) is 14.1. The van der Waals surface area contributed by atoms with Crippen LogP contribution < -0.4 is 15.8 Å². The minimum atomic E-state index is -0.457. The van der Waals surface area contributed by atoms with Crippen molar-refractivity contribution in [3.05, 3.63) is 29.8 Å². The molecule has 4 nitrogen and oxygen atoms in total. The number of carbonyl (C=O) groups is 1. The highest BCUT2D eigenvalue weighted by molar-refractivity contribution is 5.85. The Kier molecular flexibility index (Phi) is 9.06. The first-order valence-corrected chi connectivity index (χ1v) is 7.19. The summed E-state index contributed by atoms with van der Waals surface area (Å²) in [5.41, 5.74) is 7.04. The van der Waals surface area contributed by atoms with Crippen molar-refractivity contribution < 1.29 is 9.53 Å². The van der Waals surface area contributed by atoms with Gasteiger partial charge in [-0.05, 0) is 37.5 Å². The van der Waals surface area contributed by atoms with Crippen LogP contribution in [0.3, 0.4) is 0 Å². The Balaban J connectivity index is 0.00000400. The topological polar surface area (TPSA) is 64.4 Å². The van der Waals surface area contributed by atoms with Crippen molar-refractivity contribution in [1.82, 2.24) is 5.32 Å². The van der Waals surface area contributed by atoms with E-state index in [2.05, 4.69) is 5.32 Å². The molecule has 1 aromatic rings. The predicted octanol–water partition coefficient (Wildman–Crippen LogP) is 2.67. The minimum Gasteiger partial charge on any atom is -0.491 e. The molecule has 0 heterocycles. The van der Waals surface area contributed by atoms with Crippen LogP contribution in [0, 0.1) is 12.8 Å².